The molecule has 0 amide bonds. The van der Waals surface area contributed by atoms with Crippen LogP contribution in [0.2, 0.25) is 0 Å². The van der Waals surface area contributed by atoms with Gasteiger partial charge < -0.3 is 5.11 Å². The van der Waals surface area contributed by atoms with Gasteiger partial charge in [0.2, 0.25) is 0 Å². The molecule has 0 fully saturated rings. The summed E-state index contributed by atoms with van der Waals surface area (Å²) in [7, 11) is 0. The summed E-state index contributed by atoms with van der Waals surface area (Å²) in [5, 5.41) is 17.2. The Labute approximate surface area is 74.3 Å². The molecule has 0 bridgehead atoms. The van der Waals surface area contributed by atoms with E-state index >= 15 is 0 Å². The zero-order valence-electron chi connectivity index (χ0n) is 6.71. The SMILES string of the molecule is O=C(O)Cc1ccc(N2N=N2)cc1. The minimum atomic E-state index is -0.825. The Morgan fingerprint density at radius 3 is 2.38 bits per heavy atom. The van der Waals surface area contributed by atoms with Crippen LogP contribution in [0.1, 0.15) is 5.56 Å². The Morgan fingerprint density at radius 1 is 1.31 bits per heavy atom. The van der Waals surface area contributed by atoms with Gasteiger partial charge in [-0.1, -0.05) is 12.1 Å². The van der Waals surface area contributed by atoms with Crippen LogP contribution >= 0.6 is 0 Å². The monoisotopic (exact) mass is 177 g/mol. The number of benzene rings is 1. The zero-order valence-corrected chi connectivity index (χ0v) is 6.71. The molecule has 5 heteroatoms. The molecule has 0 unspecified atom stereocenters. The Kier molecular flexibility index (Phi) is 1.70. The maximum Gasteiger partial charge on any atom is 0.307 e. The van der Waals surface area contributed by atoms with Crippen molar-refractivity contribution in [2.45, 2.75) is 6.42 Å². The second kappa shape index (κ2) is 2.85. The zero-order chi connectivity index (χ0) is 9.26. The Morgan fingerprint density at radius 2 is 1.92 bits per heavy atom. The molecule has 0 radical (unpaired) electrons. The highest BCUT2D eigenvalue weighted by Crippen LogP contribution is 2.22. The van der Waals surface area contributed by atoms with Crippen molar-refractivity contribution in [3.8, 4) is 0 Å². The van der Waals surface area contributed by atoms with Crippen molar-refractivity contribution < 1.29 is 9.90 Å². The minimum absolute atomic E-state index is 0.0502. The maximum atomic E-state index is 10.4. The second-order valence-electron chi connectivity index (χ2n) is 2.71. The fourth-order valence-corrected chi connectivity index (χ4v) is 1.05. The van der Waals surface area contributed by atoms with E-state index in [-0.39, 0.29) is 6.42 Å². The van der Waals surface area contributed by atoms with Crippen LogP contribution in [-0.2, 0) is 11.2 Å². The van der Waals surface area contributed by atoms with Crippen molar-refractivity contribution in [1.82, 2.24) is 0 Å². The first-order valence-electron chi connectivity index (χ1n) is 3.78. The van der Waals surface area contributed by atoms with Gasteiger partial charge in [-0.25, -0.2) is 0 Å². The third-order valence-electron chi connectivity index (χ3n) is 1.70. The number of hydrogen-bond donors (Lipinski definition) is 1. The van der Waals surface area contributed by atoms with Gasteiger partial charge in [-0.2, -0.15) is 0 Å². The second-order valence-corrected chi connectivity index (χ2v) is 2.71. The lowest BCUT2D eigenvalue weighted by molar-refractivity contribution is -0.136. The summed E-state index contributed by atoms with van der Waals surface area (Å²) in [6.07, 6.45) is 0.0502. The predicted octanol–water partition coefficient (Wildman–Crippen LogP) is 1.42. The predicted molar refractivity (Wildman–Crippen MR) is 45.1 cm³/mol. The number of rotatable bonds is 3. The lowest BCUT2D eigenvalue weighted by Gasteiger charge is -1.98. The molecule has 1 heterocycles. The van der Waals surface area contributed by atoms with E-state index in [1.54, 1.807) is 24.3 Å². The normalized spacial score (nSPS) is 13.1. The van der Waals surface area contributed by atoms with Gasteiger partial charge in [0.05, 0.1) is 12.1 Å². The molecular formula is C8H7N3O2. The highest BCUT2D eigenvalue weighted by Gasteiger charge is 2.13. The molecule has 13 heavy (non-hydrogen) atoms. The van der Waals surface area contributed by atoms with Crippen LogP contribution in [0.15, 0.2) is 34.7 Å². The fraction of sp³-hybridized carbons (Fsp3) is 0.125. The van der Waals surface area contributed by atoms with E-state index in [1.807, 2.05) is 0 Å². The smallest absolute Gasteiger partial charge is 0.307 e. The Bertz CT molecular complexity index is 352. The Hall–Kier alpha value is -1.91. The molecule has 1 aromatic carbocycles. The van der Waals surface area contributed by atoms with E-state index in [4.69, 9.17) is 5.11 Å². The van der Waals surface area contributed by atoms with Gasteiger partial charge in [-0.05, 0) is 28.1 Å². The van der Waals surface area contributed by atoms with Crippen molar-refractivity contribution in [1.29, 1.82) is 0 Å². The van der Waals surface area contributed by atoms with Crippen LogP contribution in [0.5, 0.6) is 0 Å². The Balaban J connectivity index is 2.09. The molecule has 1 aliphatic rings. The van der Waals surface area contributed by atoms with Gasteiger partial charge in [0.15, 0.2) is 0 Å². The number of aliphatic carboxylic acids is 1. The summed E-state index contributed by atoms with van der Waals surface area (Å²) >= 11 is 0. The lowest BCUT2D eigenvalue weighted by Crippen LogP contribution is -1.99. The summed E-state index contributed by atoms with van der Waals surface area (Å²) in [6, 6.07) is 7.09. The highest BCUT2D eigenvalue weighted by atomic mass is 16.4. The lowest BCUT2D eigenvalue weighted by atomic mass is 10.1. The summed E-state index contributed by atoms with van der Waals surface area (Å²) < 4.78 is 0. The first kappa shape index (κ1) is 7.72. The molecule has 1 aromatic rings. The van der Waals surface area contributed by atoms with E-state index in [1.165, 1.54) is 5.12 Å². The standard InChI is InChI=1S/C8H7N3O2/c12-8(13)5-6-1-3-7(4-2-6)11-9-10-11/h1-4H,5H2,(H,12,13). The summed E-state index contributed by atoms with van der Waals surface area (Å²) in [5.74, 6) is -0.825. The summed E-state index contributed by atoms with van der Waals surface area (Å²) in [6.45, 7) is 0. The average Bonchev–Trinajstić information content (AvgIpc) is 2.87. The first-order chi connectivity index (χ1) is 6.25. The number of anilines is 1. The van der Waals surface area contributed by atoms with Crippen molar-refractivity contribution >= 4 is 11.7 Å². The van der Waals surface area contributed by atoms with Crippen molar-refractivity contribution in [3.05, 3.63) is 29.8 Å². The molecule has 0 saturated heterocycles. The maximum absolute atomic E-state index is 10.4. The highest BCUT2D eigenvalue weighted by molar-refractivity contribution is 5.70. The van der Waals surface area contributed by atoms with Crippen LogP contribution in [0, 0.1) is 0 Å². The van der Waals surface area contributed by atoms with E-state index < -0.39 is 5.97 Å². The number of carbonyl (C=O) groups is 1. The van der Waals surface area contributed by atoms with Crippen LogP contribution < -0.4 is 5.12 Å². The molecule has 0 spiro atoms. The summed E-state index contributed by atoms with van der Waals surface area (Å²) in [4.78, 5) is 10.4. The molecule has 0 aromatic heterocycles. The van der Waals surface area contributed by atoms with Gasteiger partial charge in [0, 0.05) is 0 Å². The topological polar surface area (TPSA) is 65.0 Å². The fourth-order valence-electron chi connectivity index (χ4n) is 1.05. The molecule has 66 valence electrons. The van der Waals surface area contributed by atoms with Gasteiger partial charge in [-0.3, -0.25) is 4.79 Å². The van der Waals surface area contributed by atoms with Crippen LogP contribution in [0.3, 0.4) is 0 Å². The average molecular weight is 177 g/mol. The molecular weight excluding hydrogens is 170 g/mol. The third-order valence-corrected chi connectivity index (χ3v) is 1.70. The third kappa shape index (κ3) is 1.81. The van der Waals surface area contributed by atoms with Crippen LogP contribution in [-0.4, -0.2) is 11.1 Å². The number of carboxylic acids is 1. The molecule has 0 saturated carbocycles. The van der Waals surface area contributed by atoms with Crippen molar-refractivity contribution in [3.63, 3.8) is 0 Å². The molecule has 5 nitrogen and oxygen atoms in total. The number of nitrogens with zero attached hydrogens (tertiary/aromatic N) is 3. The van der Waals surface area contributed by atoms with Gasteiger partial charge in [0.1, 0.15) is 0 Å². The quantitative estimate of drug-likeness (QED) is 0.759. The van der Waals surface area contributed by atoms with Crippen molar-refractivity contribution in [2.24, 2.45) is 10.4 Å². The number of carboxylic acid groups (broad SMARTS) is 1. The van der Waals surface area contributed by atoms with Crippen LogP contribution in [0.25, 0.3) is 0 Å². The van der Waals surface area contributed by atoms with Crippen molar-refractivity contribution in [2.75, 3.05) is 5.12 Å². The molecule has 1 aliphatic heterocycles. The largest absolute Gasteiger partial charge is 0.481 e. The molecule has 0 aliphatic carbocycles. The van der Waals surface area contributed by atoms with E-state index in [0.29, 0.717) is 0 Å². The van der Waals surface area contributed by atoms with E-state index in [9.17, 15) is 4.79 Å². The van der Waals surface area contributed by atoms with E-state index in [2.05, 4.69) is 10.4 Å². The molecule has 1 N–H and O–H groups in total. The summed E-state index contributed by atoms with van der Waals surface area (Å²) in [5.41, 5.74) is 1.63. The number of hydrogen-bond acceptors (Lipinski definition) is 4. The van der Waals surface area contributed by atoms with Gasteiger partial charge in [-0.15, -0.1) is 5.12 Å². The van der Waals surface area contributed by atoms with Crippen LogP contribution in [0.4, 0.5) is 5.69 Å². The van der Waals surface area contributed by atoms with Gasteiger partial charge >= 0.3 is 5.97 Å². The molecule has 2 rings (SSSR count). The first-order valence-corrected chi connectivity index (χ1v) is 3.78. The molecule has 0 atom stereocenters. The van der Waals surface area contributed by atoms with Gasteiger partial charge in [0.25, 0.3) is 0 Å². The van der Waals surface area contributed by atoms with E-state index in [0.717, 1.165) is 11.3 Å². The minimum Gasteiger partial charge on any atom is -0.481 e.